The zero-order valence-corrected chi connectivity index (χ0v) is 10.4. The number of aliphatic carboxylic acids is 1. The maximum Gasteiger partial charge on any atom is 0.308 e. The van der Waals surface area contributed by atoms with E-state index in [-0.39, 0.29) is 11.8 Å². The normalized spacial score (nSPS) is 24.9. The molecule has 2 rings (SSSR count). The lowest BCUT2D eigenvalue weighted by atomic mass is 9.86. The number of carboxylic acids is 1. The Hall–Kier alpha value is -0.610. The van der Waals surface area contributed by atoms with Gasteiger partial charge in [0.25, 0.3) is 0 Å². The molecule has 1 saturated carbocycles. The highest BCUT2D eigenvalue weighted by molar-refractivity contribution is 5.70. The molecule has 2 N–H and O–H groups in total. The van der Waals surface area contributed by atoms with Gasteiger partial charge in [-0.15, -0.1) is 0 Å². The minimum atomic E-state index is -0.651. The van der Waals surface area contributed by atoms with Crippen LogP contribution in [0.1, 0.15) is 38.5 Å². The van der Waals surface area contributed by atoms with Crippen LogP contribution < -0.4 is 5.32 Å². The molecule has 0 aromatic heterocycles. The first-order valence-electron chi connectivity index (χ1n) is 6.81. The van der Waals surface area contributed by atoms with Crippen LogP contribution in [0.3, 0.4) is 0 Å². The minimum absolute atomic E-state index is 0.237. The molecule has 0 aromatic carbocycles. The Morgan fingerprint density at radius 1 is 1.24 bits per heavy atom. The Balaban J connectivity index is 1.80. The fourth-order valence-corrected chi connectivity index (χ4v) is 3.00. The highest BCUT2D eigenvalue weighted by atomic mass is 16.5. The van der Waals surface area contributed by atoms with Crippen LogP contribution in [0.25, 0.3) is 0 Å². The summed E-state index contributed by atoms with van der Waals surface area (Å²) < 4.78 is 5.29. The van der Waals surface area contributed by atoms with Crippen LogP contribution in [0, 0.1) is 11.8 Å². The molecule has 2 fully saturated rings. The molecular weight excluding hydrogens is 218 g/mol. The van der Waals surface area contributed by atoms with Gasteiger partial charge >= 0.3 is 5.97 Å². The Bertz CT molecular complexity index is 245. The molecule has 2 aliphatic rings. The number of rotatable bonds is 5. The number of carbonyl (C=O) groups is 1. The summed E-state index contributed by atoms with van der Waals surface area (Å²) in [5, 5.41) is 12.8. The topological polar surface area (TPSA) is 58.6 Å². The van der Waals surface area contributed by atoms with Gasteiger partial charge in [-0.25, -0.2) is 0 Å². The first-order chi connectivity index (χ1) is 8.27. The quantitative estimate of drug-likeness (QED) is 0.768. The number of carboxylic acid groups (broad SMARTS) is 1. The monoisotopic (exact) mass is 241 g/mol. The predicted octanol–water partition coefficient (Wildman–Crippen LogP) is 1.65. The summed E-state index contributed by atoms with van der Waals surface area (Å²) in [5.74, 6) is -0.600. The van der Waals surface area contributed by atoms with E-state index in [1.165, 1.54) is 25.7 Å². The fourth-order valence-electron chi connectivity index (χ4n) is 3.00. The van der Waals surface area contributed by atoms with Crippen molar-refractivity contribution in [3.63, 3.8) is 0 Å². The van der Waals surface area contributed by atoms with E-state index < -0.39 is 5.97 Å². The largest absolute Gasteiger partial charge is 0.481 e. The van der Waals surface area contributed by atoms with Gasteiger partial charge in [-0.2, -0.15) is 0 Å². The zero-order chi connectivity index (χ0) is 12.1. The maximum atomic E-state index is 11.3. The number of hydrogen-bond donors (Lipinski definition) is 2. The summed E-state index contributed by atoms with van der Waals surface area (Å²) >= 11 is 0. The van der Waals surface area contributed by atoms with Crippen LogP contribution in [0.2, 0.25) is 0 Å². The second kappa shape index (κ2) is 6.36. The van der Waals surface area contributed by atoms with Crippen LogP contribution in [0.4, 0.5) is 0 Å². The van der Waals surface area contributed by atoms with E-state index in [9.17, 15) is 9.90 Å². The first kappa shape index (κ1) is 12.8. The van der Waals surface area contributed by atoms with Crippen LogP contribution in [-0.4, -0.2) is 36.9 Å². The minimum Gasteiger partial charge on any atom is -0.481 e. The van der Waals surface area contributed by atoms with Crippen LogP contribution >= 0.6 is 0 Å². The van der Waals surface area contributed by atoms with E-state index in [1.54, 1.807) is 0 Å². The molecule has 0 spiro atoms. The SMILES string of the molecule is O=C(O)C(CNC1CCCC1)C1CCOCC1. The summed E-state index contributed by atoms with van der Waals surface area (Å²) in [6.45, 7) is 2.07. The summed E-state index contributed by atoms with van der Waals surface area (Å²) in [5.41, 5.74) is 0. The van der Waals surface area contributed by atoms with Crippen molar-refractivity contribution in [1.82, 2.24) is 5.32 Å². The lowest BCUT2D eigenvalue weighted by Crippen LogP contribution is -2.39. The molecule has 17 heavy (non-hydrogen) atoms. The average Bonchev–Trinajstić information content (AvgIpc) is 2.83. The van der Waals surface area contributed by atoms with E-state index in [1.807, 2.05) is 0 Å². The molecule has 1 aliphatic carbocycles. The number of nitrogens with one attached hydrogen (secondary N) is 1. The third kappa shape index (κ3) is 3.68. The van der Waals surface area contributed by atoms with Crippen molar-refractivity contribution in [3.05, 3.63) is 0 Å². The number of ether oxygens (including phenoxy) is 1. The molecule has 0 radical (unpaired) electrons. The van der Waals surface area contributed by atoms with Gasteiger partial charge in [0.05, 0.1) is 5.92 Å². The van der Waals surface area contributed by atoms with Crippen molar-refractivity contribution < 1.29 is 14.6 Å². The van der Waals surface area contributed by atoms with Gasteiger partial charge in [-0.3, -0.25) is 4.79 Å². The van der Waals surface area contributed by atoms with Gasteiger partial charge in [0.1, 0.15) is 0 Å². The molecule has 0 aromatic rings. The second-order valence-electron chi connectivity index (χ2n) is 5.28. The maximum absolute atomic E-state index is 11.3. The Labute approximate surface area is 103 Å². The van der Waals surface area contributed by atoms with Gasteiger partial charge in [0.15, 0.2) is 0 Å². The molecule has 4 nitrogen and oxygen atoms in total. The van der Waals surface area contributed by atoms with Crippen molar-refractivity contribution >= 4 is 5.97 Å². The molecule has 4 heteroatoms. The summed E-state index contributed by atoms with van der Waals surface area (Å²) in [4.78, 5) is 11.3. The third-order valence-electron chi connectivity index (χ3n) is 4.13. The molecule has 1 aliphatic heterocycles. The van der Waals surface area contributed by atoms with Gasteiger partial charge in [-0.1, -0.05) is 12.8 Å². The molecule has 1 heterocycles. The van der Waals surface area contributed by atoms with Crippen LogP contribution in [-0.2, 0) is 9.53 Å². The van der Waals surface area contributed by atoms with Crippen LogP contribution in [0.5, 0.6) is 0 Å². The van der Waals surface area contributed by atoms with E-state index in [2.05, 4.69) is 5.32 Å². The molecule has 1 saturated heterocycles. The first-order valence-corrected chi connectivity index (χ1v) is 6.81. The Morgan fingerprint density at radius 2 is 1.88 bits per heavy atom. The molecule has 0 bridgehead atoms. The van der Waals surface area contributed by atoms with E-state index in [0.717, 1.165) is 26.1 Å². The van der Waals surface area contributed by atoms with Crippen molar-refractivity contribution in [2.45, 2.75) is 44.6 Å². The number of hydrogen-bond acceptors (Lipinski definition) is 3. The van der Waals surface area contributed by atoms with Crippen molar-refractivity contribution in [2.24, 2.45) is 11.8 Å². The second-order valence-corrected chi connectivity index (χ2v) is 5.28. The van der Waals surface area contributed by atoms with E-state index in [4.69, 9.17) is 4.74 Å². The third-order valence-corrected chi connectivity index (χ3v) is 4.13. The Morgan fingerprint density at radius 3 is 2.47 bits per heavy atom. The molecule has 1 unspecified atom stereocenters. The van der Waals surface area contributed by atoms with Crippen molar-refractivity contribution in [2.75, 3.05) is 19.8 Å². The van der Waals surface area contributed by atoms with Gasteiger partial charge < -0.3 is 15.2 Å². The molecule has 0 amide bonds. The zero-order valence-electron chi connectivity index (χ0n) is 10.4. The lowest BCUT2D eigenvalue weighted by Gasteiger charge is -2.28. The summed E-state index contributed by atoms with van der Waals surface area (Å²) in [6, 6.07) is 0.552. The van der Waals surface area contributed by atoms with E-state index in [0.29, 0.717) is 12.6 Å². The lowest BCUT2D eigenvalue weighted by molar-refractivity contribution is -0.144. The molecule has 98 valence electrons. The van der Waals surface area contributed by atoms with Crippen molar-refractivity contribution in [1.29, 1.82) is 0 Å². The highest BCUT2D eigenvalue weighted by Crippen LogP contribution is 2.25. The average molecular weight is 241 g/mol. The molecule has 1 atom stereocenters. The Kier molecular flexibility index (Phi) is 4.80. The predicted molar refractivity (Wildman–Crippen MR) is 64.9 cm³/mol. The van der Waals surface area contributed by atoms with E-state index >= 15 is 0 Å². The summed E-state index contributed by atoms with van der Waals surface area (Å²) in [7, 11) is 0. The van der Waals surface area contributed by atoms with Gasteiger partial charge in [-0.05, 0) is 31.6 Å². The summed E-state index contributed by atoms with van der Waals surface area (Å²) in [6.07, 6.45) is 6.77. The van der Waals surface area contributed by atoms with Crippen molar-refractivity contribution in [3.8, 4) is 0 Å². The van der Waals surface area contributed by atoms with Gasteiger partial charge in [0, 0.05) is 25.8 Å². The fraction of sp³-hybridized carbons (Fsp3) is 0.923. The molecular formula is C13H23NO3. The smallest absolute Gasteiger partial charge is 0.308 e. The van der Waals surface area contributed by atoms with Gasteiger partial charge in [0.2, 0.25) is 0 Å². The van der Waals surface area contributed by atoms with Crippen LogP contribution in [0.15, 0.2) is 0 Å². The highest BCUT2D eigenvalue weighted by Gasteiger charge is 2.30. The standard InChI is InChI=1S/C13H23NO3/c15-13(16)12(10-5-7-17-8-6-10)9-14-11-3-1-2-4-11/h10-12,14H,1-9H2,(H,15,16).